The molecule has 0 unspecified atom stereocenters. The number of nitrogens with zero attached hydrogens (tertiary/aromatic N) is 6. The van der Waals surface area contributed by atoms with Gasteiger partial charge >= 0.3 is 11.9 Å². The van der Waals surface area contributed by atoms with Crippen LogP contribution in [0.4, 0.5) is 0 Å². The molecule has 52 heavy (non-hydrogen) atoms. The Morgan fingerprint density at radius 3 is 2.02 bits per heavy atom. The van der Waals surface area contributed by atoms with E-state index in [-0.39, 0.29) is 41.5 Å². The van der Waals surface area contributed by atoms with Gasteiger partial charge in [0.05, 0.1) is 37.2 Å². The number of fused-ring (bicyclic) bond motifs is 4. The number of carbonyl (C=O) groups excluding carboxylic acids is 2. The van der Waals surface area contributed by atoms with Crippen molar-refractivity contribution in [3.05, 3.63) is 84.3 Å². The maximum atomic E-state index is 12.4. The van der Waals surface area contributed by atoms with Crippen molar-refractivity contribution >= 4 is 11.9 Å². The summed E-state index contributed by atoms with van der Waals surface area (Å²) in [7, 11) is 0. The number of benzene rings is 1. The summed E-state index contributed by atoms with van der Waals surface area (Å²) in [4.78, 5) is 24.7. The van der Waals surface area contributed by atoms with Crippen LogP contribution in [0.5, 0.6) is 0 Å². The Labute approximate surface area is 303 Å². The van der Waals surface area contributed by atoms with Crippen molar-refractivity contribution in [1.29, 1.82) is 0 Å². The van der Waals surface area contributed by atoms with Crippen LogP contribution in [0.3, 0.4) is 0 Å². The predicted molar refractivity (Wildman–Crippen MR) is 191 cm³/mol. The van der Waals surface area contributed by atoms with Crippen LogP contribution in [0.15, 0.2) is 84.3 Å². The van der Waals surface area contributed by atoms with Crippen molar-refractivity contribution in [1.82, 2.24) is 30.0 Å². The van der Waals surface area contributed by atoms with Gasteiger partial charge in [-0.25, -0.2) is 19.0 Å². The third-order valence-corrected chi connectivity index (χ3v) is 11.8. The van der Waals surface area contributed by atoms with Crippen molar-refractivity contribution in [3.63, 3.8) is 0 Å². The van der Waals surface area contributed by atoms with Gasteiger partial charge in [-0.15, -0.1) is 10.2 Å². The SMILES string of the molecule is C=C1C(=O)O[C@@H]2[C@H](O)[C@@H](C)CC/C=C(/Cn3cc(-c4cccc(-c5cn(C/C6=C/CC[C@@]7(C)O[C@H]7[C@H]7OC(=O)C(=C)[C@@H]7CC6)nn5)c4)nn3)CC[C@@H]12. The van der Waals surface area contributed by atoms with Crippen molar-refractivity contribution in [3.8, 4) is 22.5 Å². The quantitative estimate of drug-likeness (QED) is 0.150. The second-order valence-corrected chi connectivity index (χ2v) is 15.4. The van der Waals surface area contributed by atoms with Crippen LogP contribution >= 0.6 is 0 Å². The monoisotopic (exact) mass is 706 g/mol. The number of epoxide rings is 1. The lowest BCUT2D eigenvalue weighted by molar-refractivity contribution is -0.146. The minimum Gasteiger partial charge on any atom is -0.456 e. The Morgan fingerprint density at radius 2 is 1.40 bits per heavy atom. The number of esters is 2. The fourth-order valence-electron chi connectivity index (χ4n) is 8.44. The fraction of sp³-hybridized carbons (Fsp3) is 0.500. The Bertz CT molecular complexity index is 1980. The second-order valence-electron chi connectivity index (χ2n) is 15.4. The first-order chi connectivity index (χ1) is 25.1. The highest BCUT2D eigenvalue weighted by Gasteiger charge is 2.61. The van der Waals surface area contributed by atoms with E-state index in [0.717, 1.165) is 67.5 Å². The normalized spacial score (nSPS) is 34.2. The van der Waals surface area contributed by atoms with Crippen LogP contribution in [0.25, 0.3) is 22.5 Å². The molecule has 0 amide bonds. The minimum atomic E-state index is -0.699. The largest absolute Gasteiger partial charge is 0.456 e. The average Bonchev–Trinajstić information content (AvgIpc) is 3.59. The minimum absolute atomic E-state index is 0.00445. The first-order valence-corrected chi connectivity index (χ1v) is 18.5. The van der Waals surface area contributed by atoms with Gasteiger partial charge in [0.2, 0.25) is 0 Å². The molecule has 8 atom stereocenters. The molecule has 2 aliphatic carbocycles. The van der Waals surface area contributed by atoms with Gasteiger partial charge in [0.25, 0.3) is 0 Å². The van der Waals surface area contributed by atoms with E-state index in [4.69, 9.17) is 14.2 Å². The van der Waals surface area contributed by atoms with E-state index >= 15 is 0 Å². The van der Waals surface area contributed by atoms with Gasteiger partial charge in [0, 0.05) is 34.1 Å². The lowest BCUT2D eigenvalue weighted by atomic mass is 9.82. The summed E-state index contributed by atoms with van der Waals surface area (Å²) < 4.78 is 21.0. The number of hydrogen-bond acceptors (Lipinski definition) is 10. The van der Waals surface area contributed by atoms with E-state index in [1.165, 1.54) is 11.1 Å². The molecule has 3 aliphatic heterocycles. The Morgan fingerprint density at radius 1 is 0.846 bits per heavy atom. The van der Waals surface area contributed by atoms with E-state index in [1.807, 2.05) is 46.9 Å². The highest BCUT2D eigenvalue weighted by molar-refractivity contribution is 5.91. The maximum Gasteiger partial charge on any atom is 0.334 e. The molecular formula is C40H46N6O6. The van der Waals surface area contributed by atoms with E-state index in [9.17, 15) is 14.7 Å². The predicted octanol–water partition coefficient (Wildman–Crippen LogP) is 5.55. The number of aliphatic hydroxyl groups is 1. The smallest absolute Gasteiger partial charge is 0.334 e. The number of rotatable bonds is 6. The first-order valence-electron chi connectivity index (χ1n) is 18.5. The number of ether oxygens (including phenoxy) is 3. The van der Waals surface area contributed by atoms with E-state index in [2.05, 4.69) is 58.9 Å². The number of carbonyl (C=O) groups is 2. The van der Waals surface area contributed by atoms with Crippen LogP contribution in [0, 0.1) is 17.8 Å². The highest BCUT2D eigenvalue weighted by Crippen LogP contribution is 2.50. The summed E-state index contributed by atoms with van der Waals surface area (Å²) in [6.45, 7) is 13.3. The third kappa shape index (κ3) is 6.69. The lowest BCUT2D eigenvalue weighted by Gasteiger charge is -2.28. The molecule has 5 aliphatic rings. The van der Waals surface area contributed by atoms with Crippen molar-refractivity contribution in [2.24, 2.45) is 17.8 Å². The van der Waals surface area contributed by atoms with Crippen molar-refractivity contribution in [2.75, 3.05) is 0 Å². The number of aliphatic hydroxyl groups excluding tert-OH is 1. The topological polar surface area (TPSA) is 147 Å². The highest BCUT2D eigenvalue weighted by atomic mass is 16.6. The van der Waals surface area contributed by atoms with Gasteiger partial charge in [0.15, 0.2) is 0 Å². The van der Waals surface area contributed by atoms with Crippen molar-refractivity contribution in [2.45, 2.75) is 108 Å². The summed E-state index contributed by atoms with van der Waals surface area (Å²) >= 11 is 0. The molecule has 3 aromatic rings. The average molecular weight is 707 g/mol. The summed E-state index contributed by atoms with van der Waals surface area (Å²) in [5.74, 6) is -0.956. The summed E-state index contributed by atoms with van der Waals surface area (Å²) in [5.41, 5.74) is 6.54. The van der Waals surface area contributed by atoms with E-state index in [0.29, 0.717) is 30.7 Å². The van der Waals surface area contributed by atoms with Crippen LogP contribution in [0.2, 0.25) is 0 Å². The van der Waals surface area contributed by atoms with Gasteiger partial charge in [-0.1, -0.05) is 72.0 Å². The molecular weight excluding hydrogens is 660 g/mol. The summed E-state index contributed by atoms with van der Waals surface area (Å²) in [5, 5.41) is 28.8. The standard InChI is InChI=1S/C40H46N6O6/c1-23-8-5-9-26(13-15-30-24(2)38(48)50-35(30)34(23)47)19-45-21-32(41-43-45)28-11-6-12-29(18-28)33-22-46(44-42-33)20-27-10-7-17-40(4)37(52-40)36-31(16-14-27)25(3)39(49)51-36/h6,9-12,18,21-23,30-31,34-37,47H,2-3,5,7-8,13-17,19-20H2,1,4H3/b26-9+,27-10+/t23-,30-,31-,34+,35-,36-,37-,40+/m0/s1. The van der Waals surface area contributed by atoms with Crippen LogP contribution in [0.1, 0.15) is 65.2 Å². The number of allylic oxidation sites excluding steroid dienone is 4. The van der Waals surface area contributed by atoms with Crippen LogP contribution in [-0.4, -0.2) is 77.0 Å². The van der Waals surface area contributed by atoms with Gasteiger partial charge < -0.3 is 19.3 Å². The van der Waals surface area contributed by atoms with E-state index < -0.39 is 18.2 Å². The molecule has 272 valence electrons. The molecule has 12 heteroatoms. The molecule has 0 bridgehead atoms. The molecule has 12 nitrogen and oxygen atoms in total. The zero-order chi connectivity index (χ0) is 36.1. The number of aromatic nitrogens is 6. The molecule has 5 heterocycles. The Hall–Kier alpha value is -4.68. The zero-order valence-corrected chi connectivity index (χ0v) is 29.8. The van der Waals surface area contributed by atoms with Crippen molar-refractivity contribution < 1.29 is 28.9 Å². The molecule has 0 saturated carbocycles. The van der Waals surface area contributed by atoms with Gasteiger partial charge in [0.1, 0.15) is 29.7 Å². The van der Waals surface area contributed by atoms with Gasteiger partial charge in [-0.3, -0.25) is 0 Å². The zero-order valence-electron chi connectivity index (χ0n) is 29.8. The molecule has 0 spiro atoms. The van der Waals surface area contributed by atoms with Crippen LogP contribution in [-0.2, 0) is 36.9 Å². The molecule has 3 saturated heterocycles. The lowest BCUT2D eigenvalue weighted by Crippen LogP contribution is -2.37. The first kappa shape index (κ1) is 34.4. The van der Waals surface area contributed by atoms with Gasteiger partial charge in [-0.05, 0) is 70.3 Å². The Kier molecular flexibility index (Phi) is 9.07. The molecule has 2 aromatic heterocycles. The molecule has 8 rings (SSSR count). The van der Waals surface area contributed by atoms with Gasteiger partial charge in [-0.2, -0.15) is 0 Å². The van der Waals surface area contributed by atoms with Crippen LogP contribution < -0.4 is 0 Å². The van der Waals surface area contributed by atoms with E-state index in [1.54, 1.807) is 0 Å². The number of hydrogen-bond donors (Lipinski definition) is 1. The fourth-order valence-corrected chi connectivity index (χ4v) is 8.44. The molecule has 0 radical (unpaired) electrons. The third-order valence-electron chi connectivity index (χ3n) is 11.8. The molecule has 1 aromatic carbocycles. The summed E-state index contributed by atoms with van der Waals surface area (Å²) in [6.07, 6.45) is 13.3. The maximum absolute atomic E-state index is 12.4. The molecule has 3 fully saturated rings. The Balaban J connectivity index is 0.933. The summed E-state index contributed by atoms with van der Waals surface area (Å²) in [6, 6.07) is 8.07. The molecule has 1 N–H and O–H groups in total. The second kappa shape index (κ2) is 13.7.